The molecule has 0 amide bonds. The van der Waals surface area contributed by atoms with Gasteiger partial charge in [0, 0.05) is 6.04 Å². The molecule has 1 heterocycles. The van der Waals surface area contributed by atoms with Crippen molar-refractivity contribution in [2.24, 2.45) is 0 Å². The molecule has 1 aliphatic rings. The third-order valence-corrected chi connectivity index (χ3v) is 1.95. The molecule has 0 aromatic carbocycles. The van der Waals surface area contributed by atoms with Gasteiger partial charge in [-0.05, 0) is 6.92 Å². The van der Waals surface area contributed by atoms with E-state index in [1.807, 2.05) is 0 Å². The Morgan fingerprint density at radius 3 is 2.10 bits per heavy atom. The Bertz CT molecular complexity index is 120. The highest BCUT2D eigenvalue weighted by atomic mass is 16.3. The van der Waals surface area contributed by atoms with Gasteiger partial charge in [-0.1, -0.05) is 0 Å². The number of rotatable bonds is 1. The van der Waals surface area contributed by atoms with Crippen molar-refractivity contribution in [1.29, 1.82) is 0 Å². The van der Waals surface area contributed by atoms with Crippen LogP contribution in [0.15, 0.2) is 0 Å². The maximum absolute atomic E-state index is 9.16. The summed E-state index contributed by atoms with van der Waals surface area (Å²) in [6, 6.07) is -0.503. The first kappa shape index (κ1) is 7.94. The van der Waals surface area contributed by atoms with Crippen LogP contribution in [-0.2, 0) is 0 Å². The largest absolute Gasteiger partial charge is 0.395 e. The fourth-order valence-electron chi connectivity index (χ4n) is 1.23. The van der Waals surface area contributed by atoms with Gasteiger partial charge in [0.05, 0.1) is 24.9 Å². The molecule has 1 rings (SSSR count). The van der Waals surface area contributed by atoms with Crippen molar-refractivity contribution < 1.29 is 15.3 Å². The Morgan fingerprint density at radius 2 is 1.90 bits per heavy atom. The van der Waals surface area contributed by atoms with Crippen LogP contribution < -0.4 is 5.32 Å². The lowest BCUT2D eigenvalue weighted by Gasteiger charge is -2.11. The molecule has 60 valence electrons. The van der Waals surface area contributed by atoms with Crippen molar-refractivity contribution in [2.75, 3.05) is 6.61 Å². The molecule has 4 heteroatoms. The Labute approximate surface area is 59.5 Å². The smallest absolute Gasteiger partial charge is 0.0989 e. The molecular weight excluding hydrogens is 134 g/mol. The molecule has 10 heavy (non-hydrogen) atoms. The van der Waals surface area contributed by atoms with Crippen LogP contribution in [0.25, 0.3) is 0 Å². The highest BCUT2D eigenvalue weighted by Gasteiger charge is 2.37. The zero-order chi connectivity index (χ0) is 7.72. The van der Waals surface area contributed by atoms with Crippen molar-refractivity contribution >= 4 is 0 Å². The molecular formula is C6H13NO3. The van der Waals surface area contributed by atoms with E-state index in [-0.39, 0.29) is 18.7 Å². The van der Waals surface area contributed by atoms with Gasteiger partial charge >= 0.3 is 0 Å². The molecule has 1 fully saturated rings. The number of nitrogens with one attached hydrogen (secondary N) is 1. The summed E-state index contributed by atoms with van der Waals surface area (Å²) in [7, 11) is 0. The summed E-state index contributed by atoms with van der Waals surface area (Å²) in [6.07, 6.45) is -1.59. The third-order valence-electron chi connectivity index (χ3n) is 1.95. The van der Waals surface area contributed by atoms with Crippen LogP contribution >= 0.6 is 0 Å². The predicted octanol–water partition coefficient (Wildman–Crippen LogP) is -1.94. The lowest BCUT2D eigenvalue weighted by atomic mass is 10.1. The highest BCUT2D eigenvalue weighted by Crippen LogP contribution is 2.12. The highest BCUT2D eigenvalue weighted by molar-refractivity contribution is 4.95. The van der Waals surface area contributed by atoms with Crippen molar-refractivity contribution in [2.45, 2.75) is 31.2 Å². The molecule has 0 aromatic heterocycles. The van der Waals surface area contributed by atoms with Crippen LogP contribution in [0.2, 0.25) is 0 Å². The Balaban J connectivity index is 2.53. The van der Waals surface area contributed by atoms with E-state index < -0.39 is 12.2 Å². The molecule has 0 bridgehead atoms. The summed E-state index contributed by atoms with van der Waals surface area (Å²) in [4.78, 5) is 0. The minimum atomic E-state index is -0.833. The molecule has 4 N–H and O–H groups in total. The van der Waals surface area contributed by atoms with Gasteiger partial charge in [0.2, 0.25) is 0 Å². The van der Waals surface area contributed by atoms with Crippen LogP contribution in [0, 0.1) is 0 Å². The van der Waals surface area contributed by atoms with E-state index in [9.17, 15) is 0 Å². The van der Waals surface area contributed by atoms with Gasteiger partial charge in [0.25, 0.3) is 0 Å². The quantitative estimate of drug-likeness (QED) is 0.348. The lowest BCUT2D eigenvalue weighted by molar-refractivity contribution is 0.0214. The minimum Gasteiger partial charge on any atom is -0.395 e. The summed E-state index contributed by atoms with van der Waals surface area (Å²) in [5.41, 5.74) is 0. The molecule has 4 atom stereocenters. The zero-order valence-corrected chi connectivity index (χ0v) is 5.86. The second-order valence-corrected chi connectivity index (χ2v) is 2.73. The lowest BCUT2D eigenvalue weighted by Crippen LogP contribution is -2.36. The molecule has 0 aliphatic carbocycles. The molecule has 0 radical (unpaired) electrons. The fourth-order valence-corrected chi connectivity index (χ4v) is 1.23. The van der Waals surface area contributed by atoms with Gasteiger partial charge in [-0.2, -0.15) is 0 Å². The summed E-state index contributed by atoms with van der Waals surface area (Å²) in [5, 5.41) is 29.8. The van der Waals surface area contributed by atoms with E-state index in [1.54, 1.807) is 6.92 Å². The number of aliphatic hydroxyl groups excluding tert-OH is 3. The van der Waals surface area contributed by atoms with Gasteiger partial charge in [-0.3, -0.25) is 0 Å². The first-order valence-electron chi connectivity index (χ1n) is 3.40. The Hall–Kier alpha value is -0.160. The van der Waals surface area contributed by atoms with E-state index >= 15 is 0 Å². The second kappa shape index (κ2) is 2.84. The zero-order valence-electron chi connectivity index (χ0n) is 5.86. The van der Waals surface area contributed by atoms with Gasteiger partial charge < -0.3 is 20.6 Å². The van der Waals surface area contributed by atoms with E-state index in [2.05, 4.69) is 5.32 Å². The van der Waals surface area contributed by atoms with Crippen LogP contribution in [0.5, 0.6) is 0 Å². The maximum Gasteiger partial charge on any atom is 0.0989 e. The number of aliphatic hydroxyl groups is 3. The average molecular weight is 147 g/mol. The van der Waals surface area contributed by atoms with Crippen molar-refractivity contribution in [3.8, 4) is 0 Å². The normalized spacial score (nSPS) is 48.0. The SMILES string of the molecule is C[C@H]1N[C@@H](CO)[C@H](O)[C@H]1O. The first-order valence-corrected chi connectivity index (χ1v) is 3.40. The van der Waals surface area contributed by atoms with E-state index in [0.29, 0.717) is 0 Å². The van der Waals surface area contributed by atoms with Gasteiger partial charge in [0.1, 0.15) is 0 Å². The van der Waals surface area contributed by atoms with E-state index in [1.165, 1.54) is 0 Å². The van der Waals surface area contributed by atoms with Crippen molar-refractivity contribution in [1.82, 2.24) is 5.32 Å². The van der Waals surface area contributed by atoms with Gasteiger partial charge in [0.15, 0.2) is 0 Å². The Kier molecular flexibility index (Phi) is 2.25. The second-order valence-electron chi connectivity index (χ2n) is 2.73. The minimum absolute atomic E-state index is 0.132. The summed E-state index contributed by atoms with van der Waals surface area (Å²) in [6.45, 7) is 1.63. The molecule has 0 aromatic rings. The topological polar surface area (TPSA) is 72.7 Å². The average Bonchev–Trinajstić information content (AvgIpc) is 2.17. The van der Waals surface area contributed by atoms with Gasteiger partial charge in [-0.15, -0.1) is 0 Å². The molecule has 0 unspecified atom stereocenters. The van der Waals surface area contributed by atoms with Crippen LogP contribution in [0.4, 0.5) is 0 Å². The fraction of sp³-hybridized carbons (Fsp3) is 1.00. The molecule has 4 nitrogen and oxygen atoms in total. The van der Waals surface area contributed by atoms with Gasteiger partial charge in [-0.25, -0.2) is 0 Å². The van der Waals surface area contributed by atoms with Crippen LogP contribution in [0.1, 0.15) is 6.92 Å². The van der Waals surface area contributed by atoms with Crippen molar-refractivity contribution in [3.63, 3.8) is 0 Å². The first-order chi connectivity index (χ1) is 4.66. The number of hydrogen-bond acceptors (Lipinski definition) is 4. The summed E-state index contributed by atoms with van der Waals surface area (Å²) in [5.74, 6) is 0. The molecule has 1 saturated heterocycles. The predicted molar refractivity (Wildman–Crippen MR) is 35.5 cm³/mol. The maximum atomic E-state index is 9.16. The monoisotopic (exact) mass is 147 g/mol. The molecule has 0 saturated carbocycles. The summed E-state index contributed by atoms with van der Waals surface area (Å²) >= 11 is 0. The van der Waals surface area contributed by atoms with E-state index in [4.69, 9.17) is 15.3 Å². The Morgan fingerprint density at radius 1 is 1.30 bits per heavy atom. The van der Waals surface area contributed by atoms with Crippen LogP contribution in [0.3, 0.4) is 0 Å². The number of hydrogen-bond donors (Lipinski definition) is 4. The van der Waals surface area contributed by atoms with Crippen molar-refractivity contribution in [3.05, 3.63) is 0 Å². The van der Waals surface area contributed by atoms with E-state index in [0.717, 1.165) is 0 Å². The third kappa shape index (κ3) is 1.15. The molecule has 0 spiro atoms. The molecule has 1 aliphatic heterocycles. The summed E-state index contributed by atoms with van der Waals surface area (Å²) < 4.78 is 0. The standard InChI is InChI=1S/C6H13NO3/c1-3-5(9)6(10)4(2-8)7-3/h3-10H,2H2,1H3/t3-,4+,5+,6+/m1/s1. The van der Waals surface area contributed by atoms with Crippen LogP contribution in [-0.4, -0.2) is 46.2 Å².